The highest BCUT2D eigenvalue weighted by molar-refractivity contribution is 7.92. The molecule has 3 rings (SSSR count). The van der Waals surface area contributed by atoms with Crippen LogP contribution in [0, 0.1) is 11.6 Å². The predicted molar refractivity (Wildman–Crippen MR) is 114 cm³/mol. The van der Waals surface area contributed by atoms with Crippen molar-refractivity contribution in [2.45, 2.75) is 11.8 Å². The number of nitrogens with zero attached hydrogens (tertiary/aromatic N) is 1. The summed E-state index contributed by atoms with van der Waals surface area (Å²) in [6.45, 7) is 1.54. The lowest BCUT2D eigenvalue weighted by Crippen LogP contribution is -2.38. The van der Waals surface area contributed by atoms with Crippen molar-refractivity contribution >= 4 is 27.3 Å². The largest absolute Gasteiger partial charge is 0.494 e. The first kappa shape index (κ1) is 22.2. The lowest BCUT2D eigenvalue weighted by atomic mass is 10.3. The summed E-state index contributed by atoms with van der Waals surface area (Å²) in [6.07, 6.45) is 0. The maximum absolute atomic E-state index is 13.9. The predicted octanol–water partition coefficient (Wildman–Crippen LogP) is 4.20. The molecule has 0 saturated carbocycles. The van der Waals surface area contributed by atoms with E-state index in [1.165, 1.54) is 36.4 Å². The van der Waals surface area contributed by atoms with E-state index in [-0.39, 0.29) is 10.6 Å². The average Bonchev–Trinajstić information content (AvgIpc) is 2.76. The van der Waals surface area contributed by atoms with Gasteiger partial charge in [-0.05, 0) is 55.5 Å². The van der Waals surface area contributed by atoms with Gasteiger partial charge in [0.15, 0.2) is 0 Å². The highest BCUT2D eigenvalue weighted by atomic mass is 32.2. The van der Waals surface area contributed by atoms with Crippen molar-refractivity contribution in [2.75, 3.05) is 22.8 Å². The molecule has 6 nitrogen and oxygen atoms in total. The highest BCUT2D eigenvalue weighted by Crippen LogP contribution is 2.25. The lowest BCUT2D eigenvalue weighted by Gasteiger charge is -2.24. The zero-order valence-electron chi connectivity index (χ0n) is 16.6. The van der Waals surface area contributed by atoms with Crippen molar-refractivity contribution in [3.63, 3.8) is 0 Å². The third-order valence-electron chi connectivity index (χ3n) is 4.28. The maximum Gasteiger partial charge on any atom is 0.264 e. The molecule has 3 aromatic carbocycles. The molecular formula is C22H20F2N2O4S. The van der Waals surface area contributed by atoms with Gasteiger partial charge in [-0.15, -0.1) is 0 Å². The van der Waals surface area contributed by atoms with Crippen LogP contribution in [0.15, 0.2) is 77.7 Å². The summed E-state index contributed by atoms with van der Waals surface area (Å²) >= 11 is 0. The Morgan fingerprint density at radius 2 is 1.55 bits per heavy atom. The van der Waals surface area contributed by atoms with Gasteiger partial charge in [-0.3, -0.25) is 9.10 Å². The molecule has 9 heteroatoms. The number of ether oxygens (including phenoxy) is 1. The Bertz CT molecular complexity index is 1130. The average molecular weight is 446 g/mol. The molecule has 0 radical (unpaired) electrons. The molecule has 0 aliphatic rings. The fourth-order valence-electron chi connectivity index (χ4n) is 2.84. The van der Waals surface area contributed by atoms with Gasteiger partial charge in [0.2, 0.25) is 5.91 Å². The minimum absolute atomic E-state index is 0.0651. The molecule has 0 aromatic heterocycles. The molecule has 0 aliphatic heterocycles. The van der Waals surface area contributed by atoms with Gasteiger partial charge < -0.3 is 10.1 Å². The minimum Gasteiger partial charge on any atom is -0.494 e. The SMILES string of the molecule is CCOc1ccc(S(=O)(=O)N(CC(=O)Nc2c(F)cccc2F)c2ccccc2)cc1. The molecule has 162 valence electrons. The van der Waals surface area contributed by atoms with Gasteiger partial charge in [0.05, 0.1) is 17.2 Å². The van der Waals surface area contributed by atoms with Crippen molar-refractivity contribution in [2.24, 2.45) is 0 Å². The topological polar surface area (TPSA) is 75.7 Å². The number of hydrogen-bond donors (Lipinski definition) is 1. The van der Waals surface area contributed by atoms with Crippen LogP contribution in [0.3, 0.4) is 0 Å². The van der Waals surface area contributed by atoms with Crippen LogP contribution in [0.5, 0.6) is 5.75 Å². The molecule has 0 bridgehead atoms. The van der Waals surface area contributed by atoms with Crippen molar-refractivity contribution in [1.82, 2.24) is 0 Å². The van der Waals surface area contributed by atoms with Crippen molar-refractivity contribution in [3.8, 4) is 5.75 Å². The Hall–Kier alpha value is -3.46. The summed E-state index contributed by atoms with van der Waals surface area (Å²) in [5, 5.41) is 2.11. The summed E-state index contributed by atoms with van der Waals surface area (Å²) in [6, 6.07) is 16.8. The van der Waals surface area contributed by atoms with Gasteiger partial charge in [0.25, 0.3) is 10.0 Å². The zero-order valence-corrected chi connectivity index (χ0v) is 17.4. The monoisotopic (exact) mass is 446 g/mol. The molecule has 0 fully saturated rings. The van der Waals surface area contributed by atoms with Crippen LogP contribution in [0.2, 0.25) is 0 Å². The third-order valence-corrected chi connectivity index (χ3v) is 6.07. The number of benzene rings is 3. The molecule has 0 heterocycles. The summed E-state index contributed by atoms with van der Waals surface area (Å²) in [4.78, 5) is 12.5. The van der Waals surface area contributed by atoms with Gasteiger partial charge in [0, 0.05) is 0 Å². The number of rotatable bonds is 8. The van der Waals surface area contributed by atoms with Crippen LogP contribution in [0.1, 0.15) is 6.92 Å². The number of hydrogen-bond acceptors (Lipinski definition) is 4. The molecular weight excluding hydrogens is 426 g/mol. The fourth-order valence-corrected chi connectivity index (χ4v) is 4.26. The normalized spacial score (nSPS) is 11.1. The second kappa shape index (κ2) is 9.57. The third kappa shape index (κ3) is 5.18. The van der Waals surface area contributed by atoms with Gasteiger partial charge >= 0.3 is 0 Å². The lowest BCUT2D eigenvalue weighted by molar-refractivity contribution is -0.114. The van der Waals surface area contributed by atoms with E-state index in [9.17, 15) is 22.0 Å². The smallest absolute Gasteiger partial charge is 0.264 e. The second-order valence-corrected chi connectivity index (χ2v) is 8.26. The van der Waals surface area contributed by atoms with Gasteiger partial charge in [-0.25, -0.2) is 17.2 Å². The number of carbonyl (C=O) groups is 1. The maximum atomic E-state index is 13.9. The van der Waals surface area contributed by atoms with Crippen LogP contribution in [-0.2, 0) is 14.8 Å². The number of para-hydroxylation sites is 2. The van der Waals surface area contributed by atoms with Crippen LogP contribution in [-0.4, -0.2) is 27.5 Å². The molecule has 1 N–H and O–H groups in total. The number of halogens is 2. The Balaban J connectivity index is 1.92. The summed E-state index contributed by atoms with van der Waals surface area (Å²) in [7, 11) is -4.16. The van der Waals surface area contributed by atoms with Gasteiger partial charge in [0.1, 0.15) is 29.6 Å². The first-order valence-corrected chi connectivity index (χ1v) is 10.8. The summed E-state index contributed by atoms with van der Waals surface area (Å²) < 4.78 is 60.5. The van der Waals surface area contributed by atoms with E-state index < -0.39 is 39.8 Å². The minimum atomic E-state index is -4.16. The highest BCUT2D eigenvalue weighted by Gasteiger charge is 2.28. The van der Waals surface area contributed by atoms with Crippen LogP contribution in [0.4, 0.5) is 20.2 Å². The molecule has 0 spiro atoms. The first-order chi connectivity index (χ1) is 14.8. The standard InChI is InChI=1S/C22H20F2N2O4S/c1-2-30-17-11-13-18(14-12-17)31(28,29)26(16-7-4-3-5-8-16)15-21(27)25-22-19(23)9-6-10-20(22)24/h3-14H,2,15H2,1H3,(H,25,27). The molecule has 0 unspecified atom stereocenters. The Morgan fingerprint density at radius 1 is 0.935 bits per heavy atom. The molecule has 0 saturated heterocycles. The summed E-state index contributed by atoms with van der Waals surface area (Å²) in [5.74, 6) is -2.33. The van der Waals surface area contributed by atoms with E-state index in [0.717, 1.165) is 22.5 Å². The van der Waals surface area contributed by atoms with Crippen molar-refractivity contribution in [1.29, 1.82) is 0 Å². The second-order valence-electron chi connectivity index (χ2n) is 6.40. The zero-order chi connectivity index (χ0) is 22.4. The fraction of sp³-hybridized carbons (Fsp3) is 0.136. The Morgan fingerprint density at radius 3 is 2.13 bits per heavy atom. The molecule has 0 aliphatic carbocycles. The van der Waals surface area contributed by atoms with E-state index in [4.69, 9.17) is 4.74 Å². The van der Waals surface area contributed by atoms with Gasteiger partial charge in [-0.1, -0.05) is 24.3 Å². The molecule has 31 heavy (non-hydrogen) atoms. The number of sulfonamides is 1. The van der Waals surface area contributed by atoms with E-state index in [2.05, 4.69) is 5.32 Å². The van der Waals surface area contributed by atoms with E-state index in [1.54, 1.807) is 25.1 Å². The number of anilines is 2. The molecule has 1 amide bonds. The van der Waals surface area contributed by atoms with Crippen molar-refractivity contribution in [3.05, 3.63) is 84.4 Å². The van der Waals surface area contributed by atoms with Crippen LogP contribution in [0.25, 0.3) is 0 Å². The number of nitrogens with one attached hydrogen (secondary N) is 1. The number of amides is 1. The van der Waals surface area contributed by atoms with E-state index in [0.29, 0.717) is 12.4 Å². The Kier molecular flexibility index (Phi) is 6.86. The van der Waals surface area contributed by atoms with Crippen LogP contribution >= 0.6 is 0 Å². The summed E-state index contributed by atoms with van der Waals surface area (Å²) in [5.41, 5.74) is -0.417. The van der Waals surface area contributed by atoms with E-state index >= 15 is 0 Å². The Labute approximate surface area is 179 Å². The van der Waals surface area contributed by atoms with Gasteiger partial charge in [-0.2, -0.15) is 0 Å². The first-order valence-electron chi connectivity index (χ1n) is 9.37. The molecule has 3 aromatic rings. The van der Waals surface area contributed by atoms with Crippen LogP contribution < -0.4 is 14.4 Å². The number of carbonyl (C=O) groups excluding carboxylic acids is 1. The molecule has 0 atom stereocenters. The van der Waals surface area contributed by atoms with Crippen molar-refractivity contribution < 1.29 is 26.7 Å². The van der Waals surface area contributed by atoms with E-state index in [1.807, 2.05) is 0 Å². The quantitative estimate of drug-likeness (QED) is 0.563.